The minimum Gasteiger partial charge on any atom is -0.352 e. The molecule has 5 heteroatoms. The lowest BCUT2D eigenvalue weighted by atomic mass is 10.0. The van der Waals surface area contributed by atoms with E-state index in [1.54, 1.807) is 10.9 Å². The zero-order valence-electron chi connectivity index (χ0n) is 10.4. The van der Waals surface area contributed by atoms with Crippen molar-refractivity contribution in [1.29, 1.82) is 0 Å². The van der Waals surface area contributed by atoms with Gasteiger partial charge in [-0.25, -0.2) is 0 Å². The Hall–Kier alpha value is -1.36. The van der Waals surface area contributed by atoms with Crippen molar-refractivity contribution in [1.82, 2.24) is 15.1 Å². The first-order valence-electron chi connectivity index (χ1n) is 6.12. The lowest BCUT2D eigenvalue weighted by Crippen LogP contribution is -2.36. The number of carbonyl (C=O) groups excluding carboxylic acids is 1. The van der Waals surface area contributed by atoms with Crippen molar-refractivity contribution in [3.8, 4) is 0 Å². The number of nitrogens with one attached hydrogen (secondary N) is 1. The highest BCUT2D eigenvalue weighted by molar-refractivity contribution is 5.94. The average molecular weight is 236 g/mol. The van der Waals surface area contributed by atoms with Crippen LogP contribution in [0.4, 0.5) is 0 Å². The van der Waals surface area contributed by atoms with Crippen molar-refractivity contribution >= 4 is 5.91 Å². The van der Waals surface area contributed by atoms with Gasteiger partial charge in [0.2, 0.25) is 0 Å². The van der Waals surface area contributed by atoms with E-state index in [1.807, 2.05) is 14.0 Å². The Kier molecular flexibility index (Phi) is 3.47. The first kappa shape index (κ1) is 12.1. The molecule has 2 atom stereocenters. The number of nitrogens with two attached hydrogens (primary N) is 1. The van der Waals surface area contributed by atoms with Gasteiger partial charge in [-0.05, 0) is 25.7 Å². The summed E-state index contributed by atoms with van der Waals surface area (Å²) in [6, 6.07) is 0.241. The topological polar surface area (TPSA) is 72.9 Å². The van der Waals surface area contributed by atoms with Crippen LogP contribution in [0.1, 0.15) is 35.3 Å². The van der Waals surface area contributed by atoms with Gasteiger partial charge in [0.1, 0.15) is 0 Å². The van der Waals surface area contributed by atoms with Gasteiger partial charge >= 0.3 is 0 Å². The predicted molar refractivity (Wildman–Crippen MR) is 65.6 cm³/mol. The summed E-state index contributed by atoms with van der Waals surface area (Å²) in [6.45, 7) is 2.52. The largest absolute Gasteiger partial charge is 0.352 e. The predicted octanol–water partition coefficient (Wildman–Crippen LogP) is 0.586. The molecule has 0 spiro atoms. The second kappa shape index (κ2) is 4.87. The molecule has 0 aromatic carbocycles. The Balaban J connectivity index is 1.91. The van der Waals surface area contributed by atoms with Crippen LogP contribution in [0, 0.1) is 12.8 Å². The fourth-order valence-corrected chi connectivity index (χ4v) is 2.46. The summed E-state index contributed by atoms with van der Waals surface area (Å²) in [5.41, 5.74) is 7.39. The molecule has 1 aliphatic rings. The summed E-state index contributed by atoms with van der Waals surface area (Å²) in [6.07, 6.45) is 5.12. The molecule has 0 bridgehead atoms. The van der Waals surface area contributed by atoms with E-state index in [2.05, 4.69) is 10.4 Å². The molecule has 94 valence electrons. The van der Waals surface area contributed by atoms with Gasteiger partial charge in [-0.2, -0.15) is 5.10 Å². The highest BCUT2D eigenvalue weighted by Gasteiger charge is 2.24. The first-order valence-corrected chi connectivity index (χ1v) is 6.12. The van der Waals surface area contributed by atoms with Gasteiger partial charge in [-0.1, -0.05) is 6.42 Å². The standard InChI is InChI=1S/C12H20N4O/c1-8-10(7-16(2)15-8)12(17)14-6-9-4-3-5-11(9)13/h7,9,11H,3-6,13H2,1-2H3,(H,14,17). The van der Waals surface area contributed by atoms with Crippen molar-refractivity contribution in [2.45, 2.75) is 32.2 Å². The third-order valence-corrected chi connectivity index (χ3v) is 3.50. The van der Waals surface area contributed by atoms with Crippen LogP contribution in [0.3, 0.4) is 0 Å². The first-order chi connectivity index (χ1) is 8.08. The van der Waals surface area contributed by atoms with Crippen LogP contribution in [0.25, 0.3) is 0 Å². The molecule has 17 heavy (non-hydrogen) atoms. The zero-order valence-corrected chi connectivity index (χ0v) is 10.4. The van der Waals surface area contributed by atoms with E-state index in [1.165, 1.54) is 6.42 Å². The molecule has 1 heterocycles. The van der Waals surface area contributed by atoms with E-state index < -0.39 is 0 Å². The lowest BCUT2D eigenvalue weighted by Gasteiger charge is -2.15. The van der Waals surface area contributed by atoms with Crippen molar-refractivity contribution in [3.63, 3.8) is 0 Å². The number of aryl methyl sites for hydroxylation is 2. The van der Waals surface area contributed by atoms with Gasteiger partial charge in [-0.15, -0.1) is 0 Å². The van der Waals surface area contributed by atoms with Gasteiger partial charge in [0.15, 0.2) is 0 Å². The van der Waals surface area contributed by atoms with Crippen LogP contribution >= 0.6 is 0 Å². The minimum absolute atomic E-state index is 0.0466. The van der Waals surface area contributed by atoms with Crippen LogP contribution in [-0.4, -0.2) is 28.3 Å². The second-order valence-electron chi connectivity index (χ2n) is 4.87. The van der Waals surface area contributed by atoms with Gasteiger partial charge in [0.05, 0.1) is 11.3 Å². The smallest absolute Gasteiger partial charge is 0.254 e. The summed E-state index contributed by atoms with van der Waals surface area (Å²) in [5, 5.41) is 7.11. The number of nitrogens with zero attached hydrogens (tertiary/aromatic N) is 2. The molecule has 1 fully saturated rings. The Morgan fingerprint density at radius 2 is 2.41 bits per heavy atom. The molecule has 1 aliphatic carbocycles. The van der Waals surface area contributed by atoms with E-state index in [-0.39, 0.29) is 11.9 Å². The molecule has 1 saturated carbocycles. The molecule has 2 unspecified atom stereocenters. The normalized spacial score (nSPS) is 23.9. The SMILES string of the molecule is Cc1nn(C)cc1C(=O)NCC1CCCC1N. The zero-order chi connectivity index (χ0) is 12.4. The summed E-state index contributed by atoms with van der Waals surface area (Å²) in [7, 11) is 1.82. The monoisotopic (exact) mass is 236 g/mol. The maximum Gasteiger partial charge on any atom is 0.254 e. The second-order valence-corrected chi connectivity index (χ2v) is 4.87. The van der Waals surface area contributed by atoms with Crippen molar-refractivity contribution in [2.75, 3.05) is 6.54 Å². The van der Waals surface area contributed by atoms with Crippen LogP contribution in [0.5, 0.6) is 0 Å². The maximum atomic E-state index is 11.9. The number of hydrogen-bond donors (Lipinski definition) is 2. The number of rotatable bonds is 3. The molecular weight excluding hydrogens is 216 g/mol. The molecule has 1 amide bonds. The highest BCUT2D eigenvalue weighted by atomic mass is 16.1. The summed E-state index contributed by atoms with van der Waals surface area (Å²) in [5.74, 6) is 0.380. The highest BCUT2D eigenvalue weighted by Crippen LogP contribution is 2.23. The summed E-state index contributed by atoms with van der Waals surface area (Å²) in [4.78, 5) is 11.9. The lowest BCUT2D eigenvalue weighted by molar-refractivity contribution is 0.0946. The van der Waals surface area contributed by atoms with E-state index in [4.69, 9.17) is 5.73 Å². The van der Waals surface area contributed by atoms with Crippen LogP contribution < -0.4 is 11.1 Å². The van der Waals surface area contributed by atoms with Gasteiger partial charge < -0.3 is 11.1 Å². The Morgan fingerprint density at radius 1 is 1.65 bits per heavy atom. The third kappa shape index (κ3) is 2.66. The van der Waals surface area contributed by atoms with Crippen LogP contribution in [-0.2, 0) is 7.05 Å². The van der Waals surface area contributed by atoms with E-state index in [0.717, 1.165) is 18.5 Å². The van der Waals surface area contributed by atoms with E-state index >= 15 is 0 Å². The Morgan fingerprint density at radius 3 is 2.94 bits per heavy atom. The molecule has 0 radical (unpaired) electrons. The molecule has 0 saturated heterocycles. The van der Waals surface area contributed by atoms with Crippen molar-refractivity contribution < 1.29 is 4.79 Å². The number of carbonyl (C=O) groups is 1. The third-order valence-electron chi connectivity index (χ3n) is 3.50. The van der Waals surface area contributed by atoms with Crippen LogP contribution in [0.2, 0.25) is 0 Å². The molecule has 3 N–H and O–H groups in total. The number of aromatic nitrogens is 2. The molecule has 5 nitrogen and oxygen atoms in total. The molecule has 2 rings (SSSR count). The van der Waals surface area contributed by atoms with Crippen molar-refractivity contribution in [3.05, 3.63) is 17.5 Å². The molecule has 0 aliphatic heterocycles. The van der Waals surface area contributed by atoms with Gasteiger partial charge in [0.25, 0.3) is 5.91 Å². The van der Waals surface area contributed by atoms with Gasteiger partial charge in [-0.3, -0.25) is 9.48 Å². The Bertz CT molecular complexity index is 413. The van der Waals surface area contributed by atoms with E-state index in [0.29, 0.717) is 18.0 Å². The van der Waals surface area contributed by atoms with E-state index in [9.17, 15) is 4.79 Å². The minimum atomic E-state index is -0.0466. The quantitative estimate of drug-likeness (QED) is 0.806. The molecule has 1 aromatic rings. The summed E-state index contributed by atoms with van der Waals surface area (Å²) < 4.78 is 1.66. The fraction of sp³-hybridized carbons (Fsp3) is 0.667. The van der Waals surface area contributed by atoms with Crippen molar-refractivity contribution in [2.24, 2.45) is 18.7 Å². The average Bonchev–Trinajstić information content (AvgIpc) is 2.81. The fourth-order valence-electron chi connectivity index (χ4n) is 2.46. The number of hydrogen-bond acceptors (Lipinski definition) is 3. The van der Waals surface area contributed by atoms with Gasteiger partial charge in [0, 0.05) is 25.8 Å². The maximum absolute atomic E-state index is 11.9. The summed E-state index contributed by atoms with van der Waals surface area (Å²) >= 11 is 0. The molecular formula is C12H20N4O. The number of amides is 1. The Labute approximate surface area is 101 Å². The van der Waals surface area contributed by atoms with Crippen LogP contribution in [0.15, 0.2) is 6.20 Å². The molecule has 1 aromatic heterocycles.